The van der Waals surface area contributed by atoms with Gasteiger partial charge < -0.3 is 9.64 Å². The number of ether oxygens (including phenoxy) is 1. The average Bonchev–Trinajstić information content (AvgIpc) is 2.67. The zero-order valence-corrected chi connectivity index (χ0v) is 17.2. The van der Waals surface area contributed by atoms with Gasteiger partial charge in [0, 0.05) is 36.8 Å². The number of piperazine rings is 1. The highest BCUT2D eigenvalue weighted by atomic mass is 79.9. The zero-order chi connectivity index (χ0) is 20.5. The predicted molar refractivity (Wildman–Crippen MR) is 101 cm³/mol. The van der Waals surface area contributed by atoms with Gasteiger partial charge in [0.25, 0.3) is 0 Å². The Balaban J connectivity index is 1.74. The van der Waals surface area contributed by atoms with Crippen molar-refractivity contribution < 1.29 is 26.3 Å². The molecule has 1 aliphatic heterocycles. The lowest BCUT2D eigenvalue weighted by Gasteiger charge is -2.34. The van der Waals surface area contributed by atoms with E-state index in [0.717, 1.165) is 12.3 Å². The Bertz CT molecular complexity index is 944. The SMILES string of the molecule is COc1ccc(Br)cc1S(=O)(=O)N1CCN(c2ccc(C(F)(F)F)cn2)CC1. The number of hydrogen-bond donors (Lipinski definition) is 0. The third-order valence-corrected chi connectivity index (χ3v) is 6.79. The molecule has 0 radical (unpaired) electrons. The molecule has 2 heterocycles. The van der Waals surface area contributed by atoms with Crippen molar-refractivity contribution >= 4 is 31.8 Å². The van der Waals surface area contributed by atoms with Gasteiger partial charge in [-0.2, -0.15) is 17.5 Å². The molecular formula is C17H17BrF3N3O3S. The van der Waals surface area contributed by atoms with Crippen LogP contribution >= 0.6 is 15.9 Å². The number of benzene rings is 1. The largest absolute Gasteiger partial charge is 0.495 e. The highest BCUT2D eigenvalue weighted by molar-refractivity contribution is 9.10. The van der Waals surface area contributed by atoms with E-state index in [0.29, 0.717) is 23.4 Å². The first-order valence-electron chi connectivity index (χ1n) is 8.25. The summed E-state index contributed by atoms with van der Waals surface area (Å²) in [6, 6.07) is 7.01. The number of alkyl halides is 3. The normalized spacial score (nSPS) is 16.2. The second-order valence-corrected chi connectivity index (χ2v) is 8.91. The molecule has 2 aromatic rings. The van der Waals surface area contributed by atoms with Gasteiger partial charge in [-0.15, -0.1) is 0 Å². The summed E-state index contributed by atoms with van der Waals surface area (Å²) in [5, 5.41) is 0. The molecule has 0 bridgehead atoms. The van der Waals surface area contributed by atoms with Gasteiger partial charge in [-0.3, -0.25) is 0 Å². The quantitative estimate of drug-likeness (QED) is 0.672. The van der Waals surface area contributed by atoms with Gasteiger partial charge in [0.1, 0.15) is 16.5 Å². The van der Waals surface area contributed by atoms with Gasteiger partial charge in [-0.25, -0.2) is 13.4 Å². The molecule has 1 aromatic carbocycles. The molecule has 1 saturated heterocycles. The molecule has 3 rings (SSSR count). The third kappa shape index (κ3) is 4.26. The Morgan fingerprint density at radius 3 is 2.32 bits per heavy atom. The smallest absolute Gasteiger partial charge is 0.417 e. The van der Waals surface area contributed by atoms with Crippen molar-refractivity contribution in [3.8, 4) is 5.75 Å². The molecule has 1 aromatic heterocycles. The monoisotopic (exact) mass is 479 g/mol. The van der Waals surface area contributed by atoms with E-state index in [1.54, 1.807) is 17.0 Å². The summed E-state index contributed by atoms with van der Waals surface area (Å²) in [5.41, 5.74) is -0.820. The van der Waals surface area contributed by atoms with Crippen molar-refractivity contribution in [2.24, 2.45) is 0 Å². The maximum absolute atomic E-state index is 13.0. The Morgan fingerprint density at radius 2 is 1.79 bits per heavy atom. The van der Waals surface area contributed by atoms with E-state index in [9.17, 15) is 21.6 Å². The molecule has 0 spiro atoms. The summed E-state index contributed by atoms with van der Waals surface area (Å²) in [5.74, 6) is 0.625. The molecule has 1 aliphatic rings. The molecule has 0 aliphatic carbocycles. The topological polar surface area (TPSA) is 62.7 Å². The molecule has 0 amide bonds. The first-order chi connectivity index (χ1) is 13.1. The van der Waals surface area contributed by atoms with Crippen LogP contribution < -0.4 is 9.64 Å². The van der Waals surface area contributed by atoms with Gasteiger partial charge in [0.2, 0.25) is 10.0 Å². The maximum Gasteiger partial charge on any atom is 0.417 e. The summed E-state index contributed by atoms with van der Waals surface area (Å²) < 4.78 is 71.0. The van der Waals surface area contributed by atoms with Crippen LogP contribution in [0.2, 0.25) is 0 Å². The molecule has 152 valence electrons. The average molecular weight is 480 g/mol. The molecule has 6 nitrogen and oxygen atoms in total. The molecule has 0 N–H and O–H groups in total. The van der Waals surface area contributed by atoms with Crippen molar-refractivity contribution in [1.82, 2.24) is 9.29 Å². The highest BCUT2D eigenvalue weighted by Crippen LogP contribution is 2.31. The Hall–Kier alpha value is -1.85. The van der Waals surface area contributed by atoms with Crippen LogP contribution in [0.3, 0.4) is 0 Å². The van der Waals surface area contributed by atoms with Crippen LogP contribution in [-0.2, 0) is 16.2 Å². The molecule has 11 heteroatoms. The Morgan fingerprint density at radius 1 is 1.11 bits per heavy atom. The fourth-order valence-corrected chi connectivity index (χ4v) is 5.01. The summed E-state index contributed by atoms with van der Waals surface area (Å²) in [6.07, 6.45) is -3.66. The van der Waals surface area contributed by atoms with E-state index in [1.165, 1.54) is 23.5 Å². The van der Waals surface area contributed by atoms with Crippen LogP contribution in [-0.4, -0.2) is 51.0 Å². The predicted octanol–water partition coefficient (Wildman–Crippen LogP) is 3.38. The van der Waals surface area contributed by atoms with Crippen LogP contribution in [0, 0.1) is 0 Å². The zero-order valence-electron chi connectivity index (χ0n) is 14.8. The lowest BCUT2D eigenvalue weighted by Crippen LogP contribution is -2.49. The van der Waals surface area contributed by atoms with Crippen molar-refractivity contribution in [2.75, 3.05) is 38.2 Å². The van der Waals surface area contributed by atoms with Crippen molar-refractivity contribution in [1.29, 1.82) is 0 Å². The summed E-state index contributed by atoms with van der Waals surface area (Å²) in [6.45, 7) is 0.989. The van der Waals surface area contributed by atoms with E-state index >= 15 is 0 Å². The minimum absolute atomic E-state index is 0.0606. The molecule has 0 unspecified atom stereocenters. The molecule has 0 saturated carbocycles. The van der Waals surface area contributed by atoms with Crippen molar-refractivity contribution in [2.45, 2.75) is 11.1 Å². The van der Waals surface area contributed by atoms with Gasteiger partial charge >= 0.3 is 6.18 Å². The second-order valence-electron chi connectivity index (χ2n) is 6.09. The number of halogens is 4. The third-order valence-electron chi connectivity index (χ3n) is 4.38. The first-order valence-corrected chi connectivity index (χ1v) is 10.5. The number of pyridine rings is 1. The van der Waals surface area contributed by atoms with Gasteiger partial charge in [0.15, 0.2) is 0 Å². The standard InChI is InChI=1S/C17H17BrF3N3O3S/c1-27-14-4-3-13(18)10-15(14)28(25,26)24-8-6-23(7-9-24)16-5-2-12(11-22-16)17(19,20)21/h2-5,10-11H,6-9H2,1H3. The molecule has 1 fully saturated rings. The minimum Gasteiger partial charge on any atom is -0.495 e. The van der Waals surface area contributed by atoms with Gasteiger partial charge in [-0.05, 0) is 30.3 Å². The number of aromatic nitrogens is 1. The number of anilines is 1. The minimum atomic E-state index is -4.44. The number of rotatable bonds is 4. The van der Waals surface area contributed by atoms with E-state index in [1.807, 2.05) is 0 Å². The molecular weight excluding hydrogens is 463 g/mol. The summed E-state index contributed by atoms with van der Waals surface area (Å²) in [4.78, 5) is 5.68. The van der Waals surface area contributed by atoms with E-state index in [-0.39, 0.29) is 23.7 Å². The summed E-state index contributed by atoms with van der Waals surface area (Å²) >= 11 is 3.27. The summed E-state index contributed by atoms with van der Waals surface area (Å²) in [7, 11) is -2.38. The fourth-order valence-electron chi connectivity index (χ4n) is 2.89. The molecule has 0 atom stereocenters. The second kappa shape index (κ2) is 7.88. The van der Waals surface area contributed by atoms with Crippen LogP contribution in [0.15, 0.2) is 45.9 Å². The number of nitrogens with zero attached hydrogens (tertiary/aromatic N) is 3. The Kier molecular flexibility index (Phi) is 5.87. The van der Waals surface area contributed by atoms with Crippen molar-refractivity contribution in [3.63, 3.8) is 0 Å². The van der Waals surface area contributed by atoms with Crippen LogP contribution in [0.25, 0.3) is 0 Å². The lowest BCUT2D eigenvalue weighted by molar-refractivity contribution is -0.137. The number of hydrogen-bond acceptors (Lipinski definition) is 5. The Labute approximate surface area is 169 Å². The fraction of sp³-hybridized carbons (Fsp3) is 0.353. The van der Waals surface area contributed by atoms with Gasteiger partial charge in [-0.1, -0.05) is 15.9 Å². The van der Waals surface area contributed by atoms with Crippen molar-refractivity contribution in [3.05, 3.63) is 46.6 Å². The first kappa shape index (κ1) is 20.9. The maximum atomic E-state index is 13.0. The van der Waals surface area contributed by atoms with E-state index in [4.69, 9.17) is 4.74 Å². The van der Waals surface area contributed by atoms with Crippen LogP contribution in [0.5, 0.6) is 5.75 Å². The lowest BCUT2D eigenvalue weighted by atomic mass is 10.2. The van der Waals surface area contributed by atoms with Gasteiger partial charge in [0.05, 0.1) is 12.7 Å². The van der Waals surface area contributed by atoms with Crippen LogP contribution in [0.1, 0.15) is 5.56 Å². The van der Waals surface area contributed by atoms with E-state index in [2.05, 4.69) is 20.9 Å². The number of sulfonamides is 1. The highest BCUT2D eigenvalue weighted by Gasteiger charge is 2.33. The van der Waals surface area contributed by atoms with E-state index < -0.39 is 21.8 Å². The van der Waals surface area contributed by atoms with Crippen LogP contribution in [0.4, 0.5) is 19.0 Å². The molecule has 28 heavy (non-hydrogen) atoms. The number of methoxy groups -OCH3 is 1.